The number of para-hydroxylation sites is 4. The van der Waals surface area contributed by atoms with Crippen LogP contribution in [0.4, 0.5) is 34.1 Å². The summed E-state index contributed by atoms with van der Waals surface area (Å²) in [5, 5.41) is 4.24. The Morgan fingerprint density at radius 1 is 0.409 bits per heavy atom. The Kier molecular flexibility index (Phi) is 9.91. The second-order valence-corrected chi connectivity index (χ2v) is 16.7. The van der Waals surface area contributed by atoms with E-state index in [9.17, 15) is 0 Å². The lowest BCUT2D eigenvalue weighted by atomic mass is 9.84. The molecule has 0 saturated heterocycles. The van der Waals surface area contributed by atoms with Crippen molar-refractivity contribution in [1.82, 2.24) is 4.98 Å². The quantitative estimate of drug-likeness (QED) is 0.130. The van der Waals surface area contributed by atoms with Crippen LogP contribution in [-0.2, 0) is 6.42 Å². The van der Waals surface area contributed by atoms with Crippen molar-refractivity contribution < 1.29 is 8.83 Å². The first-order valence-electron chi connectivity index (χ1n) is 22.4. The molecule has 0 radical (unpaired) electrons. The topological polar surface area (TPSA) is 45.7 Å². The summed E-state index contributed by atoms with van der Waals surface area (Å²) in [6.07, 6.45) is 2.63. The summed E-state index contributed by atoms with van der Waals surface area (Å²) < 4.78 is 13.7. The molecule has 66 heavy (non-hydrogen) atoms. The highest BCUT2D eigenvalue weighted by Gasteiger charge is 2.26. The van der Waals surface area contributed by atoms with Crippen molar-refractivity contribution in [2.24, 2.45) is 0 Å². The Bertz CT molecular complexity index is 3570. The van der Waals surface area contributed by atoms with Crippen molar-refractivity contribution in [1.29, 1.82) is 0 Å². The lowest BCUT2D eigenvalue weighted by Crippen LogP contribution is -2.11. The molecule has 0 bridgehead atoms. The van der Waals surface area contributed by atoms with E-state index in [2.05, 4.69) is 239 Å². The number of nitrogens with zero attached hydrogens (tertiary/aromatic N) is 3. The standard InChI is InChI=1S/C61H43N3O2/c1-5-17-43(18-6-1)53(39-42-28-30-44(31-29-42)55-26-15-16-38-62-55)51-35-36-56(60-52-25-13-14-27-57(52)66-61(51)60)64(47-23-11-4-12-24-47)49-32-34-50-54-40-48(33-37-58(54)65-59(50)41-49)63(45-19-7-2-8-20-45)46-21-9-3-10-22-46/h1-38,40-41,53H,39H2. The predicted octanol–water partition coefficient (Wildman–Crippen LogP) is 16.9. The smallest absolute Gasteiger partial charge is 0.141 e. The Labute approximate surface area is 383 Å². The number of benzene rings is 9. The van der Waals surface area contributed by atoms with Gasteiger partial charge in [0.25, 0.3) is 0 Å². The minimum absolute atomic E-state index is 0.0192. The molecule has 1 atom stereocenters. The molecule has 5 heteroatoms. The van der Waals surface area contributed by atoms with E-state index < -0.39 is 0 Å². The zero-order chi connectivity index (χ0) is 43.8. The van der Waals surface area contributed by atoms with Gasteiger partial charge in [0.15, 0.2) is 0 Å². The molecule has 0 aliphatic rings. The van der Waals surface area contributed by atoms with Gasteiger partial charge in [0, 0.05) is 73.9 Å². The van der Waals surface area contributed by atoms with Crippen molar-refractivity contribution >= 4 is 78.0 Å². The zero-order valence-electron chi connectivity index (χ0n) is 36.0. The molecule has 3 heterocycles. The molecular weight excluding hydrogens is 807 g/mol. The maximum absolute atomic E-state index is 7.01. The van der Waals surface area contributed by atoms with Crippen LogP contribution in [0.15, 0.2) is 252 Å². The molecule has 12 rings (SSSR count). The highest BCUT2D eigenvalue weighted by Crippen LogP contribution is 2.48. The third kappa shape index (κ3) is 7.13. The molecule has 9 aromatic carbocycles. The Balaban J connectivity index is 0.994. The van der Waals surface area contributed by atoms with Gasteiger partial charge in [-0.3, -0.25) is 4.98 Å². The van der Waals surface area contributed by atoms with Gasteiger partial charge in [0.1, 0.15) is 22.3 Å². The van der Waals surface area contributed by atoms with E-state index in [0.717, 1.165) is 101 Å². The fourth-order valence-electron chi connectivity index (χ4n) is 9.60. The van der Waals surface area contributed by atoms with Gasteiger partial charge < -0.3 is 18.6 Å². The van der Waals surface area contributed by atoms with Gasteiger partial charge in [0.05, 0.1) is 16.8 Å². The fourth-order valence-corrected chi connectivity index (χ4v) is 9.60. The van der Waals surface area contributed by atoms with Crippen LogP contribution in [0.25, 0.3) is 55.1 Å². The van der Waals surface area contributed by atoms with Crippen molar-refractivity contribution in [2.75, 3.05) is 9.80 Å². The third-order valence-corrected chi connectivity index (χ3v) is 12.7. The Hall–Kier alpha value is -8.67. The van der Waals surface area contributed by atoms with Crippen LogP contribution in [-0.4, -0.2) is 4.98 Å². The van der Waals surface area contributed by atoms with Gasteiger partial charge >= 0.3 is 0 Å². The molecule has 314 valence electrons. The van der Waals surface area contributed by atoms with Gasteiger partial charge in [-0.25, -0.2) is 0 Å². The number of aromatic nitrogens is 1. The lowest BCUT2D eigenvalue weighted by molar-refractivity contribution is 0.654. The number of anilines is 6. The van der Waals surface area contributed by atoms with Gasteiger partial charge in [-0.15, -0.1) is 0 Å². The van der Waals surface area contributed by atoms with E-state index >= 15 is 0 Å². The van der Waals surface area contributed by atoms with E-state index in [1.165, 1.54) is 11.1 Å². The molecule has 0 amide bonds. The third-order valence-electron chi connectivity index (χ3n) is 12.7. The Morgan fingerprint density at radius 2 is 1.02 bits per heavy atom. The van der Waals surface area contributed by atoms with E-state index in [1.54, 1.807) is 0 Å². The van der Waals surface area contributed by atoms with Crippen LogP contribution in [0.2, 0.25) is 0 Å². The number of fused-ring (bicyclic) bond motifs is 6. The minimum atomic E-state index is 0.0192. The highest BCUT2D eigenvalue weighted by atomic mass is 16.3. The van der Waals surface area contributed by atoms with E-state index in [1.807, 2.05) is 18.3 Å². The van der Waals surface area contributed by atoms with Gasteiger partial charge in [-0.05, 0) is 109 Å². The molecule has 1 unspecified atom stereocenters. The summed E-state index contributed by atoms with van der Waals surface area (Å²) in [4.78, 5) is 9.21. The number of hydrogen-bond acceptors (Lipinski definition) is 5. The first-order valence-corrected chi connectivity index (χ1v) is 22.4. The average Bonchev–Trinajstić information content (AvgIpc) is 3.96. The molecule has 5 nitrogen and oxygen atoms in total. The largest absolute Gasteiger partial charge is 0.456 e. The van der Waals surface area contributed by atoms with Crippen molar-refractivity contribution in [3.63, 3.8) is 0 Å². The van der Waals surface area contributed by atoms with Crippen LogP contribution >= 0.6 is 0 Å². The second kappa shape index (κ2) is 16.8. The molecule has 0 N–H and O–H groups in total. The number of rotatable bonds is 11. The second-order valence-electron chi connectivity index (χ2n) is 16.7. The average molecular weight is 850 g/mol. The van der Waals surface area contributed by atoms with Crippen LogP contribution in [0, 0.1) is 0 Å². The van der Waals surface area contributed by atoms with Crippen molar-refractivity contribution in [3.8, 4) is 11.3 Å². The SMILES string of the molecule is c1ccc(C(Cc2ccc(-c3ccccn3)cc2)c2ccc(N(c3ccccc3)c3ccc4c(c3)oc3ccc(N(c5ccccc5)c5ccccc5)cc34)c3c2oc2ccccc23)cc1. The summed E-state index contributed by atoms with van der Waals surface area (Å²) in [7, 11) is 0. The van der Waals surface area contributed by atoms with Gasteiger partial charge in [0.2, 0.25) is 0 Å². The fraction of sp³-hybridized carbons (Fsp3) is 0.0328. The van der Waals surface area contributed by atoms with Crippen molar-refractivity contribution in [3.05, 3.63) is 259 Å². The molecule has 3 aromatic heterocycles. The zero-order valence-corrected chi connectivity index (χ0v) is 36.0. The van der Waals surface area contributed by atoms with Crippen molar-refractivity contribution in [2.45, 2.75) is 12.3 Å². The Morgan fingerprint density at radius 3 is 1.71 bits per heavy atom. The van der Waals surface area contributed by atoms with Gasteiger partial charge in [-0.1, -0.05) is 140 Å². The lowest BCUT2D eigenvalue weighted by Gasteiger charge is -2.27. The minimum Gasteiger partial charge on any atom is -0.456 e. The summed E-state index contributed by atoms with van der Waals surface area (Å²) in [5.41, 5.74) is 15.3. The predicted molar refractivity (Wildman–Crippen MR) is 272 cm³/mol. The molecule has 0 spiro atoms. The summed E-state index contributed by atoms with van der Waals surface area (Å²) in [6.45, 7) is 0. The van der Waals surface area contributed by atoms with E-state index in [-0.39, 0.29) is 5.92 Å². The monoisotopic (exact) mass is 849 g/mol. The molecule has 0 saturated carbocycles. The van der Waals surface area contributed by atoms with E-state index in [0.29, 0.717) is 0 Å². The molecule has 12 aromatic rings. The number of hydrogen-bond donors (Lipinski definition) is 0. The highest BCUT2D eigenvalue weighted by molar-refractivity contribution is 6.15. The first-order chi connectivity index (χ1) is 32.7. The van der Waals surface area contributed by atoms with Gasteiger partial charge in [-0.2, -0.15) is 0 Å². The maximum atomic E-state index is 7.01. The van der Waals surface area contributed by atoms with Crippen LogP contribution in [0.5, 0.6) is 0 Å². The van der Waals surface area contributed by atoms with Crippen LogP contribution < -0.4 is 9.80 Å². The molecule has 0 aliphatic carbocycles. The first kappa shape index (κ1) is 39.0. The summed E-state index contributed by atoms with van der Waals surface area (Å²) in [5.74, 6) is 0.0192. The number of furan rings is 2. The molecule has 0 fully saturated rings. The summed E-state index contributed by atoms with van der Waals surface area (Å²) >= 11 is 0. The number of pyridine rings is 1. The van der Waals surface area contributed by atoms with Crippen LogP contribution in [0.1, 0.15) is 22.6 Å². The van der Waals surface area contributed by atoms with Crippen LogP contribution in [0.3, 0.4) is 0 Å². The maximum Gasteiger partial charge on any atom is 0.141 e. The normalized spacial score (nSPS) is 11.9. The van der Waals surface area contributed by atoms with E-state index in [4.69, 9.17) is 8.83 Å². The molecule has 0 aliphatic heterocycles. The molecular formula is C61H43N3O2. The summed E-state index contributed by atoms with van der Waals surface area (Å²) in [6, 6.07) is 83.3.